The SMILES string of the molecule is N#CCc1ccc(NC(=O)c2ccc(N3CCOC3=O)cc2)cc1. The van der Waals surface area contributed by atoms with Crippen molar-refractivity contribution in [3.8, 4) is 6.07 Å². The third-order valence-corrected chi connectivity index (χ3v) is 3.70. The van der Waals surface area contributed by atoms with Crippen LogP contribution >= 0.6 is 0 Å². The molecule has 0 bridgehead atoms. The first kappa shape index (κ1) is 15.6. The molecule has 24 heavy (non-hydrogen) atoms. The van der Waals surface area contributed by atoms with Crippen LogP contribution < -0.4 is 10.2 Å². The number of benzene rings is 2. The Morgan fingerprint density at radius 1 is 1.17 bits per heavy atom. The number of nitrogens with zero attached hydrogens (tertiary/aromatic N) is 2. The van der Waals surface area contributed by atoms with Crippen LogP contribution in [0.15, 0.2) is 48.5 Å². The summed E-state index contributed by atoms with van der Waals surface area (Å²) < 4.78 is 4.89. The van der Waals surface area contributed by atoms with Gasteiger partial charge in [0.15, 0.2) is 0 Å². The summed E-state index contributed by atoms with van der Waals surface area (Å²) in [5.74, 6) is -0.237. The fourth-order valence-corrected chi connectivity index (χ4v) is 2.42. The lowest BCUT2D eigenvalue weighted by atomic mass is 10.1. The van der Waals surface area contributed by atoms with Crippen molar-refractivity contribution in [2.75, 3.05) is 23.4 Å². The molecular formula is C18H15N3O3. The highest BCUT2D eigenvalue weighted by molar-refractivity contribution is 6.04. The summed E-state index contributed by atoms with van der Waals surface area (Å²) in [6.45, 7) is 0.891. The van der Waals surface area contributed by atoms with Gasteiger partial charge >= 0.3 is 6.09 Å². The van der Waals surface area contributed by atoms with Gasteiger partial charge in [-0.15, -0.1) is 0 Å². The summed E-state index contributed by atoms with van der Waals surface area (Å²) in [7, 11) is 0. The van der Waals surface area contributed by atoms with E-state index < -0.39 is 0 Å². The van der Waals surface area contributed by atoms with Crippen LogP contribution in [0.2, 0.25) is 0 Å². The molecule has 1 aliphatic rings. The predicted octanol–water partition coefficient (Wildman–Crippen LogP) is 2.96. The molecule has 0 aromatic heterocycles. The lowest BCUT2D eigenvalue weighted by Crippen LogP contribution is -2.23. The summed E-state index contributed by atoms with van der Waals surface area (Å²) in [5.41, 5.74) is 2.76. The quantitative estimate of drug-likeness (QED) is 0.938. The molecule has 2 amide bonds. The summed E-state index contributed by atoms with van der Waals surface area (Å²) in [5, 5.41) is 11.4. The smallest absolute Gasteiger partial charge is 0.414 e. The molecule has 1 saturated heterocycles. The highest BCUT2D eigenvalue weighted by atomic mass is 16.6. The van der Waals surface area contributed by atoms with Gasteiger partial charge in [-0.05, 0) is 42.0 Å². The van der Waals surface area contributed by atoms with Crippen molar-refractivity contribution in [1.29, 1.82) is 5.26 Å². The van der Waals surface area contributed by atoms with E-state index in [1.54, 1.807) is 48.5 Å². The maximum absolute atomic E-state index is 12.3. The van der Waals surface area contributed by atoms with Crippen molar-refractivity contribution in [2.24, 2.45) is 0 Å². The van der Waals surface area contributed by atoms with Gasteiger partial charge in [-0.1, -0.05) is 12.1 Å². The van der Waals surface area contributed by atoms with E-state index in [0.717, 1.165) is 5.56 Å². The Morgan fingerprint density at radius 3 is 2.46 bits per heavy atom. The Kier molecular flexibility index (Phi) is 4.43. The number of anilines is 2. The molecule has 6 heteroatoms. The molecule has 0 atom stereocenters. The zero-order chi connectivity index (χ0) is 16.9. The van der Waals surface area contributed by atoms with Crippen LogP contribution in [0, 0.1) is 11.3 Å². The molecule has 1 N–H and O–H groups in total. The van der Waals surface area contributed by atoms with Crippen molar-refractivity contribution in [3.63, 3.8) is 0 Å². The number of cyclic esters (lactones) is 1. The summed E-state index contributed by atoms with van der Waals surface area (Å²) in [4.78, 5) is 25.3. The van der Waals surface area contributed by atoms with Crippen LogP contribution in [-0.2, 0) is 11.2 Å². The second-order valence-electron chi connectivity index (χ2n) is 5.30. The van der Waals surface area contributed by atoms with Crippen LogP contribution in [0.5, 0.6) is 0 Å². The van der Waals surface area contributed by atoms with Crippen LogP contribution in [-0.4, -0.2) is 25.2 Å². The number of ether oxygens (including phenoxy) is 1. The van der Waals surface area contributed by atoms with Crippen LogP contribution in [0.4, 0.5) is 16.2 Å². The highest BCUT2D eigenvalue weighted by Gasteiger charge is 2.23. The molecule has 0 unspecified atom stereocenters. The van der Waals surface area contributed by atoms with E-state index in [4.69, 9.17) is 10.00 Å². The second kappa shape index (κ2) is 6.84. The van der Waals surface area contributed by atoms with Crippen LogP contribution in [0.25, 0.3) is 0 Å². The molecule has 0 radical (unpaired) electrons. The van der Waals surface area contributed by atoms with E-state index in [2.05, 4.69) is 11.4 Å². The lowest BCUT2D eigenvalue weighted by molar-refractivity contribution is 0.102. The Labute approximate surface area is 139 Å². The lowest BCUT2D eigenvalue weighted by Gasteiger charge is -2.13. The Bertz CT molecular complexity index is 792. The number of carbonyl (C=O) groups is 2. The van der Waals surface area contributed by atoms with Crippen molar-refractivity contribution < 1.29 is 14.3 Å². The Hall–Kier alpha value is -3.33. The molecular weight excluding hydrogens is 306 g/mol. The fourth-order valence-electron chi connectivity index (χ4n) is 2.42. The molecule has 2 aromatic carbocycles. The number of nitriles is 1. The second-order valence-corrected chi connectivity index (χ2v) is 5.30. The number of hydrogen-bond acceptors (Lipinski definition) is 4. The molecule has 0 spiro atoms. The molecule has 1 heterocycles. The molecule has 0 saturated carbocycles. The predicted molar refractivity (Wildman–Crippen MR) is 88.8 cm³/mol. The molecule has 1 fully saturated rings. The minimum absolute atomic E-state index is 0.237. The van der Waals surface area contributed by atoms with Crippen molar-refractivity contribution in [3.05, 3.63) is 59.7 Å². The standard InChI is InChI=1S/C18H15N3O3/c19-10-9-13-1-5-15(6-2-13)20-17(22)14-3-7-16(8-4-14)21-11-12-24-18(21)23/h1-8H,9,11-12H2,(H,20,22). The van der Waals surface area contributed by atoms with Gasteiger partial charge in [-0.3, -0.25) is 9.69 Å². The molecule has 6 nitrogen and oxygen atoms in total. The maximum atomic E-state index is 12.3. The van der Waals surface area contributed by atoms with E-state index in [9.17, 15) is 9.59 Å². The van der Waals surface area contributed by atoms with Crippen molar-refractivity contribution in [1.82, 2.24) is 0 Å². The number of nitrogens with one attached hydrogen (secondary N) is 1. The molecule has 0 aliphatic carbocycles. The third-order valence-electron chi connectivity index (χ3n) is 3.70. The van der Waals surface area contributed by atoms with Crippen LogP contribution in [0.1, 0.15) is 15.9 Å². The summed E-state index contributed by atoms with van der Waals surface area (Å²) >= 11 is 0. The zero-order valence-corrected chi connectivity index (χ0v) is 12.9. The maximum Gasteiger partial charge on any atom is 0.414 e. The average molecular weight is 321 g/mol. The molecule has 3 rings (SSSR count). The first-order valence-electron chi connectivity index (χ1n) is 7.49. The first-order valence-corrected chi connectivity index (χ1v) is 7.49. The topological polar surface area (TPSA) is 82.4 Å². The van der Waals surface area contributed by atoms with E-state index >= 15 is 0 Å². The number of rotatable bonds is 4. The number of carbonyl (C=O) groups excluding carboxylic acids is 2. The van der Waals surface area contributed by atoms with Gasteiger partial charge in [0.25, 0.3) is 5.91 Å². The minimum atomic E-state index is -0.371. The van der Waals surface area contributed by atoms with E-state index in [-0.39, 0.29) is 12.0 Å². The molecule has 1 aliphatic heterocycles. The zero-order valence-electron chi connectivity index (χ0n) is 12.9. The number of hydrogen-bond donors (Lipinski definition) is 1. The van der Waals surface area contributed by atoms with Gasteiger partial charge in [-0.2, -0.15) is 5.26 Å². The number of amides is 2. The van der Waals surface area contributed by atoms with Gasteiger partial charge in [0.05, 0.1) is 19.0 Å². The van der Waals surface area contributed by atoms with Gasteiger partial charge < -0.3 is 10.1 Å². The van der Waals surface area contributed by atoms with Crippen LogP contribution in [0.3, 0.4) is 0 Å². The summed E-state index contributed by atoms with van der Waals surface area (Å²) in [6, 6.07) is 16.0. The monoisotopic (exact) mass is 321 g/mol. The highest BCUT2D eigenvalue weighted by Crippen LogP contribution is 2.20. The van der Waals surface area contributed by atoms with Crippen molar-refractivity contribution >= 4 is 23.4 Å². The normalized spacial score (nSPS) is 13.3. The fraction of sp³-hybridized carbons (Fsp3) is 0.167. The van der Waals surface area contributed by atoms with E-state index in [0.29, 0.717) is 36.5 Å². The van der Waals surface area contributed by atoms with E-state index in [1.165, 1.54) is 4.90 Å². The molecule has 2 aromatic rings. The van der Waals surface area contributed by atoms with Crippen molar-refractivity contribution in [2.45, 2.75) is 6.42 Å². The van der Waals surface area contributed by atoms with E-state index in [1.807, 2.05) is 0 Å². The third kappa shape index (κ3) is 3.36. The first-order chi connectivity index (χ1) is 11.7. The average Bonchev–Trinajstić information content (AvgIpc) is 3.03. The van der Waals surface area contributed by atoms with Gasteiger partial charge in [0, 0.05) is 16.9 Å². The van der Waals surface area contributed by atoms with Gasteiger partial charge in [0.2, 0.25) is 0 Å². The minimum Gasteiger partial charge on any atom is -0.447 e. The Morgan fingerprint density at radius 2 is 1.88 bits per heavy atom. The largest absolute Gasteiger partial charge is 0.447 e. The van der Waals surface area contributed by atoms with Gasteiger partial charge in [0.1, 0.15) is 6.61 Å². The molecule has 120 valence electrons. The summed E-state index contributed by atoms with van der Waals surface area (Å²) in [6.07, 6.45) is -0.0288. The Balaban J connectivity index is 1.66. The van der Waals surface area contributed by atoms with Gasteiger partial charge in [-0.25, -0.2) is 4.79 Å².